The molecular formula is C15H8ClFN2S2. The molecule has 0 aliphatic heterocycles. The summed E-state index contributed by atoms with van der Waals surface area (Å²) in [5, 5.41) is 11.4. The molecule has 6 heteroatoms. The van der Waals surface area contributed by atoms with Crippen molar-refractivity contribution in [1.29, 1.82) is 5.26 Å². The fraction of sp³-hybridized carbons (Fsp3) is 0. The van der Waals surface area contributed by atoms with Gasteiger partial charge in [-0.05, 0) is 29.6 Å². The van der Waals surface area contributed by atoms with Crippen LogP contribution in [0.3, 0.4) is 0 Å². The predicted octanol–water partition coefficient (Wildman–Crippen LogP) is 5.39. The van der Waals surface area contributed by atoms with Crippen molar-refractivity contribution in [1.82, 2.24) is 0 Å². The molecule has 0 aliphatic rings. The molecule has 104 valence electrons. The summed E-state index contributed by atoms with van der Waals surface area (Å²) in [6.45, 7) is 0. The summed E-state index contributed by atoms with van der Waals surface area (Å²) < 4.78 is 13.2. The molecule has 3 aromatic rings. The number of nitrogens with zero attached hydrogens (tertiary/aromatic N) is 1. The SMILES string of the molecule is N#Cc1sc(-c2ccc(F)cc2Cl)c(-c2cccs2)c1N. The lowest BCUT2D eigenvalue weighted by atomic mass is 10.1. The van der Waals surface area contributed by atoms with Gasteiger partial charge in [-0.25, -0.2) is 4.39 Å². The molecule has 0 aliphatic carbocycles. The molecule has 2 N–H and O–H groups in total. The van der Waals surface area contributed by atoms with Gasteiger partial charge in [-0.3, -0.25) is 0 Å². The minimum atomic E-state index is -0.397. The number of nitrogen functional groups attached to an aromatic ring is 1. The van der Waals surface area contributed by atoms with E-state index in [1.165, 1.54) is 34.8 Å². The average molecular weight is 335 g/mol. The Hall–Kier alpha value is -1.87. The highest BCUT2D eigenvalue weighted by atomic mass is 35.5. The van der Waals surface area contributed by atoms with Crippen molar-refractivity contribution in [3.8, 4) is 27.0 Å². The first kappa shape index (κ1) is 14.1. The zero-order chi connectivity index (χ0) is 15.0. The highest BCUT2D eigenvalue weighted by Gasteiger charge is 2.21. The molecule has 2 nitrogen and oxygen atoms in total. The number of nitrogens with two attached hydrogens (primary N) is 1. The Balaban J connectivity index is 2.30. The monoisotopic (exact) mass is 334 g/mol. The summed E-state index contributed by atoms with van der Waals surface area (Å²) in [5.74, 6) is -0.397. The Bertz CT molecular complexity index is 847. The van der Waals surface area contributed by atoms with E-state index in [2.05, 4.69) is 6.07 Å². The van der Waals surface area contributed by atoms with Crippen LogP contribution in [0.2, 0.25) is 5.02 Å². The zero-order valence-electron chi connectivity index (χ0n) is 10.6. The number of hydrogen-bond donors (Lipinski definition) is 1. The molecule has 1 aromatic carbocycles. The Morgan fingerprint density at radius 1 is 1.29 bits per heavy atom. The molecule has 0 fully saturated rings. The van der Waals surface area contributed by atoms with Crippen LogP contribution in [0.25, 0.3) is 20.9 Å². The normalized spacial score (nSPS) is 10.5. The smallest absolute Gasteiger partial charge is 0.129 e. The molecule has 0 saturated heterocycles. The van der Waals surface area contributed by atoms with E-state index in [9.17, 15) is 9.65 Å². The van der Waals surface area contributed by atoms with E-state index < -0.39 is 5.82 Å². The van der Waals surface area contributed by atoms with Gasteiger partial charge in [0.1, 0.15) is 16.8 Å². The summed E-state index contributed by atoms with van der Waals surface area (Å²) in [4.78, 5) is 2.19. The van der Waals surface area contributed by atoms with E-state index in [1.54, 1.807) is 6.07 Å². The molecule has 0 radical (unpaired) electrons. The van der Waals surface area contributed by atoms with Crippen LogP contribution in [-0.2, 0) is 0 Å². The highest BCUT2D eigenvalue weighted by molar-refractivity contribution is 7.19. The number of rotatable bonds is 2. The molecule has 2 aromatic heterocycles. The van der Waals surface area contributed by atoms with Gasteiger partial charge in [-0.15, -0.1) is 22.7 Å². The molecule has 0 unspecified atom stereocenters. The van der Waals surface area contributed by atoms with Crippen molar-refractivity contribution in [3.05, 3.63) is 51.4 Å². The predicted molar refractivity (Wildman–Crippen MR) is 87.2 cm³/mol. The number of halogens is 2. The number of anilines is 1. The maximum Gasteiger partial charge on any atom is 0.129 e. The number of thiophene rings is 2. The first-order valence-corrected chi connectivity index (χ1v) is 8.01. The molecule has 2 heterocycles. The lowest BCUT2D eigenvalue weighted by Gasteiger charge is -2.06. The fourth-order valence-corrected chi connectivity index (χ4v) is 4.30. The van der Waals surface area contributed by atoms with Crippen LogP contribution in [0.1, 0.15) is 4.88 Å². The van der Waals surface area contributed by atoms with E-state index in [0.717, 1.165) is 15.3 Å². The summed E-state index contributed by atoms with van der Waals surface area (Å²) in [7, 11) is 0. The number of nitriles is 1. The molecular weight excluding hydrogens is 327 g/mol. The molecule has 0 atom stereocenters. The second-order valence-corrected chi connectivity index (χ2v) is 6.64. The van der Waals surface area contributed by atoms with Gasteiger partial charge >= 0.3 is 0 Å². The van der Waals surface area contributed by atoms with E-state index in [1.807, 2.05) is 17.5 Å². The minimum absolute atomic E-state index is 0.304. The maximum absolute atomic E-state index is 13.2. The number of benzene rings is 1. The Morgan fingerprint density at radius 3 is 2.71 bits per heavy atom. The summed E-state index contributed by atoms with van der Waals surface area (Å²) in [6.07, 6.45) is 0. The molecule has 0 bridgehead atoms. The van der Waals surface area contributed by atoms with Crippen molar-refractivity contribution in [2.45, 2.75) is 0 Å². The van der Waals surface area contributed by atoms with Crippen molar-refractivity contribution in [3.63, 3.8) is 0 Å². The van der Waals surface area contributed by atoms with Crippen LogP contribution in [0.4, 0.5) is 10.1 Å². The van der Waals surface area contributed by atoms with Gasteiger partial charge in [0, 0.05) is 20.9 Å². The number of hydrogen-bond acceptors (Lipinski definition) is 4. The molecule has 0 spiro atoms. The maximum atomic E-state index is 13.2. The van der Waals surface area contributed by atoms with E-state index >= 15 is 0 Å². The fourth-order valence-electron chi connectivity index (χ4n) is 2.06. The van der Waals surface area contributed by atoms with Crippen molar-refractivity contribution in [2.24, 2.45) is 0 Å². The van der Waals surface area contributed by atoms with Crippen molar-refractivity contribution in [2.75, 3.05) is 5.73 Å². The summed E-state index contributed by atoms with van der Waals surface area (Å²) in [5.41, 5.74) is 8.02. The van der Waals surface area contributed by atoms with E-state index in [4.69, 9.17) is 17.3 Å². The van der Waals surface area contributed by atoms with Crippen LogP contribution in [0, 0.1) is 17.1 Å². The Kier molecular flexibility index (Phi) is 3.68. The molecule has 0 saturated carbocycles. The Labute approximate surface area is 133 Å². The van der Waals surface area contributed by atoms with E-state index in [0.29, 0.717) is 21.2 Å². The van der Waals surface area contributed by atoms with Crippen LogP contribution in [-0.4, -0.2) is 0 Å². The Morgan fingerprint density at radius 2 is 2.10 bits per heavy atom. The third kappa shape index (κ3) is 2.42. The standard InChI is InChI=1S/C15H8ClFN2S2/c16-10-6-8(17)3-4-9(10)15-13(11-2-1-5-20-11)14(19)12(7-18)21-15/h1-6H,19H2. The van der Waals surface area contributed by atoms with Gasteiger partial charge in [-0.1, -0.05) is 17.7 Å². The second-order valence-electron chi connectivity index (χ2n) is 4.26. The van der Waals surface area contributed by atoms with Gasteiger partial charge in [0.15, 0.2) is 0 Å². The summed E-state index contributed by atoms with van der Waals surface area (Å²) in [6, 6.07) is 10.2. The first-order valence-electron chi connectivity index (χ1n) is 5.93. The third-order valence-electron chi connectivity index (χ3n) is 2.99. The van der Waals surface area contributed by atoms with Gasteiger partial charge in [0.05, 0.1) is 10.7 Å². The second kappa shape index (κ2) is 5.49. The lowest BCUT2D eigenvalue weighted by molar-refractivity contribution is 0.628. The van der Waals surface area contributed by atoms with Crippen LogP contribution in [0.15, 0.2) is 35.7 Å². The van der Waals surface area contributed by atoms with Gasteiger partial charge < -0.3 is 5.73 Å². The van der Waals surface area contributed by atoms with Crippen LogP contribution < -0.4 is 5.73 Å². The van der Waals surface area contributed by atoms with Crippen LogP contribution in [0.5, 0.6) is 0 Å². The molecule has 21 heavy (non-hydrogen) atoms. The van der Waals surface area contributed by atoms with Crippen molar-refractivity contribution >= 4 is 40.0 Å². The van der Waals surface area contributed by atoms with Gasteiger partial charge in [-0.2, -0.15) is 5.26 Å². The average Bonchev–Trinajstić information content (AvgIpc) is 3.06. The minimum Gasteiger partial charge on any atom is -0.396 e. The van der Waals surface area contributed by atoms with E-state index in [-0.39, 0.29) is 0 Å². The first-order chi connectivity index (χ1) is 10.1. The third-order valence-corrected chi connectivity index (χ3v) is 5.33. The highest BCUT2D eigenvalue weighted by Crippen LogP contribution is 2.47. The van der Waals surface area contributed by atoms with Gasteiger partial charge in [0.2, 0.25) is 0 Å². The molecule has 0 amide bonds. The zero-order valence-corrected chi connectivity index (χ0v) is 13.0. The van der Waals surface area contributed by atoms with Gasteiger partial charge in [0.25, 0.3) is 0 Å². The quantitative estimate of drug-likeness (QED) is 0.683. The topological polar surface area (TPSA) is 49.8 Å². The van der Waals surface area contributed by atoms with Crippen molar-refractivity contribution < 1.29 is 4.39 Å². The summed E-state index contributed by atoms with van der Waals surface area (Å²) >= 11 is 8.95. The molecule has 3 rings (SSSR count). The largest absolute Gasteiger partial charge is 0.396 e. The lowest BCUT2D eigenvalue weighted by Crippen LogP contribution is -1.88. The van der Waals surface area contributed by atoms with Crippen LogP contribution >= 0.6 is 34.3 Å².